The molecule has 2 aliphatic heterocycles. The van der Waals surface area contributed by atoms with Crippen LogP contribution in [0.4, 0.5) is 5.69 Å². The molecule has 146 valence electrons. The summed E-state index contributed by atoms with van der Waals surface area (Å²) in [4.78, 5) is 28.6. The first-order chi connectivity index (χ1) is 13.6. The number of carbonyl (C=O) groups excluding carboxylic acids is 2. The molecule has 5 heteroatoms. The Morgan fingerprint density at radius 1 is 1.04 bits per heavy atom. The minimum Gasteiger partial charge on any atom is -0.349 e. The first-order valence-corrected chi connectivity index (χ1v) is 10.1. The van der Waals surface area contributed by atoms with Gasteiger partial charge in [0.05, 0.1) is 0 Å². The van der Waals surface area contributed by atoms with Crippen LogP contribution in [0, 0.1) is 0 Å². The Morgan fingerprint density at radius 2 is 1.79 bits per heavy atom. The topological polar surface area (TPSA) is 52.7 Å². The zero-order chi connectivity index (χ0) is 19.5. The van der Waals surface area contributed by atoms with Crippen molar-refractivity contribution in [3.8, 4) is 0 Å². The zero-order valence-corrected chi connectivity index (χ0v) is 16.4. The molecule has 2 aliphatic rings. The third-order valence-electron chi connectivity index (χ3n) is 5.79. The van der Waals surface area contributed by atoms with Gasteiger partial charge in [-0.2, -0.15) is 0 Å². The number of benzene rings is 2. The van der Waals surface area contributed by atoms with Crippen LogP contribution in [0.1, 0.15) is 41.3 Å². The molecular weight excluding hydrogens is 350 g/mol. The maximum Gasteiger partial charge on any atom is 0.251 e. The van der Waals surface area contributed by atoms with Gasteiger partial charge in [-0.3, -0.25) is 14.5 Å². The van der Waals surface area contributed by atoms with Crippen molar-refractivity contribution in [1.29, 1.82) is 0 Å². The molecule has 0 unspecified atom stereocenters. The summed E-state index contributed by atoms with van der Waals surface area (Å²) in [7, 11) is 0. The molecule has 1 N–H and O–H groups in total. The number of fused-ring (bicyclic) bond motifs is 1. The normalized spacial score (nSPS) is 17.4. The van der Waals surface area contributed by atoms with E-state index in [-0.39, 0.29) is 17.9 Å². The van der Waals surface area contributed by atoms with E-state index >= 15 is 0 Å². The average Bonchev–Trinajstić information content (AvgIpc) is 3.14. The quantitative estimate of drug-likeness (QED) is 0.891. The summed E-state index contributed by atoms with van der Waals surface area (Å²) >= 11 is 0. The van der Waals surface area contributed by atoms with Crippen LogP contribution < -0.4 is 10.2 Å². The van der Waals surface area contributed by atoms with Gasteiger partial charge in [-0.15, -0.1) is 0 Å². The lowest BCUT2D eigenvalue weighted by molar-refractivity contribution is -0.116. The van der Waals surface area contributed by atoms with Gasteiger partial charge < -0.3 is 10.2 Å². The van der Waals surface area contributed by atoms with E-state index < -0.39 is 0 Å². The van der Waals surface area contributed by atoms with Crippen LogP contribution in [-0.4, -0.2) is 42.4 Å². The van der Waals surface area contributed by atoms with Crippen LogP contribution in [0.2, 0.25) is 0 Å². The summed E-state index contributed by atoms with van der Waals surface area (Å²) in [5, 5.41) is 3.20. The molecule has 28 heavy (non-hydrogen) atoms. The van der Waals surface area contributed by atoms with E-state index in [1.54, 1.807) is 11.8 Å². The van der Waals surface area contributed by atoms with Crippen LogP contribution in [0.3, 0.4) is 0 Å². The van der Waals surface area contributed by atoms with Crippen molar-refractivity contribution < 1.29 is 9.59 Å². The van der Waals surface area contributed by atoms with E-state index in [2.05, 4.69) is 34.5 Å². The molecule has 2 amide bonds. The highest BCUT2D eigenvalue weighted by atomic mass is 16.2. The molecule has 2 aromatic rings. The van der Waals surface area contributed by atoms with Crippen molar-refractivity contribution in [2.45, 2.75) is 38.8 Å². The fourth-order valence-electron chi connectivity index (χ4n) is 4.22. The summed E-state index contributed by atoms with van der Waals surface area (Å²) < 4.78 is 0. The lowest BCUT2D eigenvalue weighted by Crippen LogP contribution is -2.44. The number of piperidine rings is 1. The standard InChI is InChI=1S/C23H27N3O2/c1-17(27)26-14-9-19-15-20(7-8-22(19)26)23(28)24-21-10-12-25(13-11-21)16-18-5-3-2-4-6-18/h2-8,15,21H,9-14,16H2,1H3,(H,24,28). The zero-order valence-electron chi connectivity index (χ0n) is 16.4. The Morgan fingerprint density at radius 3 is 2.50 bits per heavy atom. The number of hydrogen-bond donors (Lipinski definition) is 1. The summed E-state index contributed by atoms with van der Waals surface area (Å²) in [6.45, 7) is 5.25. The van der Waals surface area contributed by atoms with Gasteiger partial charge >= 0.3 is 0 Å². The van der Waals surface area contributed by atoms with Gasteiger partial charge in [0, 0.05) is 50.4 Å². The molecule has 0 radical (unpaired) electrons. The number of amides is 2. The van der Waals surface area contributed by atoms with E-state index in [1.807, 2.05) is 24.3 Å². The highest BCUT2D eigenvalue weighted by molar-refractivity contribution is 5.98. The maximum atomic E-state index is 12.7. The Hall–Kier alpha value is -2.66. The summed E-state index contributed by atoms with van der Waals surface area (Å²) in [5.74, 6) is 0.0452. The minimum absolute atomic E-state index is 0.00872. The van der Waals surface area contributed by atoms with Crippen LogP contribution >= 0.6 is 0 Å². The van der Waals surface area contributed by atoms with E-state index in [0.717, 1.165) is 50.1 Å². The molecule has 2 heterocycles. The number of rotatable bonds is 4. The molecule has 0 aromatic heterocycles. The van der Waals surface area contributed by atoms with Gasteiger partial charge in [0.1, 0.15) is 0 Å². The monoisotopic (exact) mass is 377 g/mol. The predicted octanol–water partition coefficient (Wildman–Crippen LogP) is 2.99. The van der Waals surface area contributed by atoms with Crippen molar-refractivity contribution in [3.63, 3.8) is 0 Å². The minimum atomic E-state index is -0.00872. The van der Waals surface area contributed by atoms with E-state index in [9.17, 15) is 9.59 Å². The van der Waals surface area contributed by atoms with Gasteiger partial charge in [0.15, 0.2) is 0 Å². The number of nitrogens with one attached hydrogen (secondary N) is 1. The molecule has 0 spiro atoms. The lowest BCUT2D eigenvalue weighted by Gasteiger charge is -2.32. The van der Waals surface area contributed by atoms with Gasteiger partial charge in [-0.25, -0.2) is 0 Å². The highest BCUT2D eigenvalue weighted by Crippen LogP contribution is 2.29. The molecule has 4 rings (SSSR count). The molecule has 1 fully saturated rings. The Labute approximate surface area is 166 Å². The first kappa shape index (κ1) is 18.7. The Balaban J connectivity index is 1.31. The van der Waals surface area contributed by atoms with Crippen molar-refractivity contribution in [1.82, 2.24) is 10.2 Å². The summed E-state index contributed by atoms with van der Waals surface area (Å²) in [6.07, 6.45) is 2.76. The van der Waals surface area contributed by atoms with Crippen molar-refractivity contribution in [3.05, 3.63) is 65.2 Å². The average molecular weight is 377 g/mol. The van der Waals surface area contributed by atoms with Gasteiger partial charge in [-0.1, -0.05) is 30.3 Å². The summed E-state index contributed by atoms with van der Waals surface area (Å²) in [5.41, 5.74) is 4.05. The van der Waals surface area contributed by atoms with Crippen LogP contribution in [0.15, 0.2) is 48.5 Å². The lowest BCUT2D eigenvalue weighted by atomic mass is 10.0. The second-order valence-corrected chi connectivity index (χ2v) is 7.77. The second kappa shape index (κ2) is 8.15. The molecular formula is C23H27N3O2. The number of anilines is 1. The molecule has 0 atom stereocenters. The van der Waals surface area contributed by atoms with Crippen LogP contribution in [-0.2, 0) is 17.8 Å². The second-order valence-electron chi connectivity index (χ2n) is 7.77. The number of carbonyl (C=O) groups is 2. The van der Waals surface area contributed by atoms with Gasteiger partial charge in [0.2, 0.25) is 5.91 Å². The van der Waals surface area contributed by atoms with Gasteiger partial charge in [-0.05, 0) is 48.6 Å². The van der Waals surface area contributed by atoms with Crippen LogP contribution in [0.5, 0.6) is 0 Å². The van der Waals surface area contributed by atoms with Crippen molar-refractivity contribution >= 4 is 17.5 Å². The molecule has 5 nitrogen and oxygen atoms in total. The van der Waals surface area contributed by atoms with Crippen molar-refractivity contribution in [2.75, 3.05) is 24.5 Å². The Kier molecular flexibility index (Phi) is 5.44. The van der Waals surface area contributed by atoms with Crippen molar-refractivity contribution in [2.24, 2.45) is 0 Å². The van der Waals surface area contributed by atoms with E-state index in [4.69, 9.17) is 0 Å². The molecule has 1 saturated heterocycles. The Bertz CT molecular complexity index is 857. The maximum absolute atomic E-state index is 12.7. The fraction of sp³-hybridized carbons (Fsp3) is 0.391. The first-order valence-electron chi connectivity index (χ1n) is 10.1. The number of hydrogen-bond acceptors (Lipinski definition) is 3. The smallest absolute Gasteiger partial charge is 0.251 e. The van der Waals surface area contributed by atoms with Gasteiger partial charge in [0.25, 0.3) is 5.91 Å². The molecule has 2 aromatic carbocycles. The SMILES string of the molecule is CC(=O)N1CCc2cc(C(=O)NC3CCN(Cc4ccccc4)CC3)ccc21. The largest absolute Gasteiger partial charge is 0.349 e. The highest BCUT2D eigenvalue weighted by Gasteiger charge is 2.25. The third kappa shape index (κ3) is 4.09. The third-order valence-corrected chi connectivity index (χ3v) is 5.79. The molecule has 0 aliphatic carbocycles. The molecule has 0 saturated carbocycles. The summed E-state index contributed by atoms with van der Waals surface area (Å²) in [6, 6.07) is 16.4. The van der Waals surface area contributed by atoms with Crippen LogP contribution in [0.25, 0.3) is 0 Å². The predicted molar refractivity (Wildman–Crippen MR) is 110 cm³/mol. The van der Waals surface area contributed by atoms with E-state index in [1.165, 1.54) is 5.56 Å². The van der Waals surface area contributed by atoms with E-state index in [0.29, 0.717) is 12.1 Å². The fourth-order valence-corrected chi connectivity index (χ4v) is 4.22. The number of nitrogens with zero attached hydrogens (tertiary/aromatic N) is 2. The molecule has 0 bridgehead atoms. The number of likely N-dealkylation sites (tertiary alicyclic amines) is 1.